The molecule has 1 aromatic carbocycles. The summed E-state index contributed by atoms with van der Waals surface area (Å²) in [6, 6.07) is 7.91. The van der Waals surface area contributed by atoms with Gasteiger partial charge in [0, 0.05) is 11.9 Å². The fraction of sp³-hybridized carbons (Fsp3) is 0.429. The van der Waals surface area contributed by atoms with E-state index in [1.807, 2.05) is 38.1 Å². The second kappa shape index (κ2) is 5.52. The van der Waals surface area contributed by atoms with E-state index in [1.165, 1.54) is 0 Å². The topological polar surface area (TPSA) is 65.6 Å². The van der Waals surface area contributed by atoms with Crippen LogP contribution >= 0.6 is 0 Å². The first-order valence-electron chi connectivity index (χ1n) is 6.13. The van der Waals surface area contributed by atoms with E-state index in [0.29, 0.717) is 6.54 Å². The number of rotatable bonds is 5. The highest BCUT2D eigenvalue weighted by Gasteiger charge is 2.16. The van der Waals surface area contributed by atoms with Gasteiger partial charge >= 0.3 is 0 Å². The van der Waals surface area contributed by atoms with Gasteiger partial charge in [-0.15, -0.1) is 0 Å². The van der Waals surface area contributed by atoms with Crippen LogP contribution in [-0.2, 0) is 0 Å². The maximum absolute atomic E-state index is 9.32. The number of aryl methyl sites for hydroxylation is 1. The Morgan fingerprint density at radius 1 is 1.33 bits per heavy atom. The molecule has 4 heteroatoms. The van der Waals surface area contributed by atoms with E-state index in [2.05, 4.69) is 5.32 Å². The SMILES string of the molecule is Cc1c(C(C)NCC(O)CO)oc2ccccc12. The smallest absolute Gasteiger partial charge is 0.134 e. The van der Waals surface area contributed by atoms with Gasteiger partial charge in [0.2, 0.25) is 0 Å². The summed E-state index contributed by atoms with van der Waals surface area (Å²) in [6.45, 7) is 4.11. The van der Waals surface area contributed by atoms with Crippen LogP contribution in [0.25, 0.3) is 11.0 Å². The number of hydrogen-bond donors (Lipinski definition) is 3. The lowest BCUT2D eigenvalue weighted by molar-refractivity contribution is 0.0917. The van der Waals surface area contributed by atoms with Crippen molar-refractivity contribution in [2.45, 2.75) is 26.0 Å². The first-order valence-corrected chi connectivity index (χ1v) is 6.13. The summed E-state index contributed by atoms with van der Waals surface area (Å²) in [7, 11) is 0. The summed E-state index contributed by atoms with van der Waals surface area (Å²) >= 11 is 0. The van der Waals surface area contributed by atoms with Crippen LogP contribution in [0, 0.1) is 6.92 Å². The lowest BCUT2D eigenvalue weighted by Gasteiger charge is -2.14. The minimum Gasteiger partial charge on any atom is -0.459 e. The molecule has 0 aliphatic carbocycles. The Bertz CT molecular complexity index is 521. The van der Waals surface area contributed by atoms with Gasteiger partial charge in [0.05, 0.1) is 18.8 Å². The Balaban J connectivity index is 2.17. The van der Waals surface area contributed by atoms with Crippen LogP contribution < -0.4 is 5.32 Å². The molecular weight excluding hydrogens is 230 g/mol. The molecule has 0 fully saturated rings. The van der Waals surface area contributed by atoms with Gasteiger partial charge in [0.15, 0.2) is 0 Å². The average molecular weight is 249 g/mol. The molecule has 0 radical (unpaired) electrons. The molecule has 0 amide bonds. The van der Waals surface area contributed by atoms with Crippen LogP contribution in [0.1, 0.15) is 24.3 Å². The van der Waals surface area contributed by atoms with Crippen molar-refractivity contribution in [2.24, 2.45) is 0 Å². The standard InChI is InChI=1S/C14H19NO3/c1-9-12-5-3-4-6-13(12)18-14(9)10(2)15-7-11(17)8-16/h3-6,10-11,15-17H,7-8H2,1-2H3. The fourth-order valence-corrected chi connectivity index (χ4v) is 2.08. The zero-order chi connectivity index (χ0) is 13.1. The highest BCUT2D eigenvalue weighted by atomic mass is 16.3. The molecule has 18 heavy (non-hydrogen) atoms. The molecule has 4 nitrogen and oxygen atoms in total. The van der Waals surface area contributed by atoms with Crippen molar-refractivity contribution in [3.05, 3.63) is 35.6 Å². The molecular formula is C14H19NO3. The number of aliphatic hydroxyl groups excluding tert-OH is 2. The third-order valence-electron chi connectivity index (χ3n) is 3.14. The van der Waals surface area contributed by atoms with Gasteiger partial charge in [0.1, 0.15) is 11.3 Å². The lowest BCUT2D eigenvalue weighted by Crippen LogP contribution is -2.31. The molecule has 2 aromatic rings. The molecule has 0 bridgehead atoms. The molecule has 0 aliphatic rings. The van der Waals surface area contributed by atoms with Crippen molar-refractivity contribution in [1.82, 2.24) is 5.32 Å². The van der Waals surface area contributed by atoms with Gasteiger partial charge in [-0.1, -0.05) is 18.2 Å². The van der Waals surface area contributed by atoms with Gasteiger partial charge in [-0.3, -0.25) is 0 Å². The van der Waals surface area contributed by atoms with E-state index in [-0.39, 0.29) is 12.6 Å². The van der Waals surface area contributed by atoms with Crippen molar-refractivity contribution in [1.29, 1.82) is 0 Å². The number of fused-ring (bicyclic) bond motifs is 1. The predicted octanol–water partition coefficient (Wildman–Crippen LogP) is 1.75. The van der Waals surface area contributed by atoms with E-state index in [0.717, 1.165) is 22.3 Å². The van der Waals surface area contributed by atoms with Gasteiger partial charge in [0.25, 0.3) is 0 Å². The minimum atomic E-state index is -0.739. The highest BCUT2D eigenvalue weighted by Crippen LogP contribution is 2.28. The summed E-state index contributed by atoms with van der Waals surface area (Å²) in [6.07, 6.45) is -0.739. The summed E-state index contributed by atoms with van der Waals surface area (Å²) < 4.78 is 5.82. The van der Waals surface area contributed by atoms with E-state index >= 15 is 0 Å². The molecule has 2 rings (SSSR count). The summed E-state index contributed by atoms with van der Waals surface area (Å²) in [5.41, 5.74) is 1.99. The number of aliphatic hydroxyl groups is 2. The number of hydrogen-bond acceptors (Lipinski definition) is 4. The molecule has 3 N–H and O–H groups in total. The van der Waals surface area contributed by atoms with Gasteiger partial charge in [-0.25, -0.2) is 0 Å². The number of nitrogens with one attached hydrogen (secondary N) is 1. The lowest BCUT2D eigenvalue weighted by atomic mass is 10.1. The second-order valence-corrected chi connectivity index (χ2v) is 4.55. The average Bonchev–Trinajstić information content (AvgIpc) is 2.73. The third kappa shape index (κ3) is 2.56. The molecule has 0 saturated heterocycles. The molecule has 1 aromatic heterocycles. The Hall–Kier alpha value is -1.36. The number of para-hydroxylation sites is 1. The molecule has 1 heterocycles. The summed E-state index contributed by atoms with van der Waals surface area (Å²) in [5.74, 6) is 0.876. The third-order valence-corrected chi connectivity index (χ3v) is 3.14. The van der Waals surface area contributed by atoms with Crippen LogP contribution in [-0.4, -0.2) is 29.5 Å². The second-order valence-electron chi connectivity index (χ2n) is 4.55. The number of benzene rings is 1. The number of furan rings is 1. The molecule has 0 aliphatic heterocycles. The predicted molar refractivity (Wildman–Crippen MR) is 70.5 cm³/mol. The highest BCUT2D eigenvalue weighted by molar-refractivity contribution is 5.82. The Labute approximate surface area is 106 Å². The molecule has 2 unspecified atom stereocenters. The molecule has 2 atom stereocenters. The minimum absolute atomic E-state index is 0.00130. The summed E-state index contributed by atoms with van der Waals surface area (Å²) in [4.78, 5) is 0. The zero-order valence-electron chi connectivity index (χ0n) is 10.7. The molecule has 98 valence electrons. The molecule has 0 saturated carbocycles. The summed E-state index contributed by atoms with van der Waals surface area (Å²) in [5, 5.41) is 22.4. The normalized spacial score (nSPS) is 14.9. The maximum Gasteiger partial charge on any atom is 0.134 e. The van der Waals surface area contributed by atoms with Gasteiger partial charge in [-0.2, -0.15) is 0 Å². The van der Waals surface area contributed by atoms with Crippen molar-refractivity contribution >= 4 is 11.0 Å². The first kappa shape index (κ1) is 13.1. The van der Waals surface area contributed by atoms with E-state index in [4.69, 9.17) is 9.52 Å². The Kier molecular flexibility index (Phi) is 4.01. The Morgan fingerprint density at radius 2 is 2.06 bits per heavy atom. The molecule has 0 spiro atoms. The quantitative estimate of drug-likeness (QED) is 0.755. The van der Waals surface area contributed by atoms with Gasteiger partial charge < -0.3 is 19.9 Å². The maximum atomic E-state index is 9.32. The largest absolute Gasteiger partial charge is 0.459 e. The van der Waals surface area contributed by atoms with E-state index in [1.54, 1.807) is 0 Å². The van der Waals surface area contributed by atoms with Gasteiger partial charge in [-0.05, 0) is 25.5 Å². The Morgan fingerprint density at radius 3 is 2.72 bits per heavy atom. The van der Waals surface area contributed by atoms with Crippen LogP contribution in [0.2, 0.25) is 0 Å². The van der Waals surface area contributed by atoms with Crippen LogP contribution in [0.5, 0.6) is 0 Å². The van der Waals surface area contributed by atoms with Crippen molar-refractivity contribution < 1.29 is 14.6 Å². The fourth-order valence-electron chi connectivity index (χ4n) is 2.08. The van der Waals surface area contributed by atoms with Crippen LogP contribution in [0.15, 0.2) is 28.7 Å². The monoisotopic (exact) mass is 249 g/mol. The van der Waals surface area contributed by atoms with Crippen molar-refractivity contribution in [2.75, 3.05) is 13.2 Å². The van der Waals surface area contributed by atoms with E-state index in [9.17, 15) is 5.11 Å². The van der Waals surface area contributed by atoms with Crippen molar-refractivity contribution in [3.63, 3.8) is 0 Å². The van der Waals surface area contributed by atoms with Crippen LogP contribution in [0.3, 0.4) is 0 Å². The first-order chi connectivity index (χ1) is 8.63. The van der Waals surface area contributed by atoms with Crippen LogP contribution in [0.4, 0.5) is 0 Å². The zero-order valence-corrected chi connectivity index (χ0v) is 10.7. The van der Waals surface area contributed by atoms with E-state index < -0.39 is 6.10 Å². The van der Waals surface area contributed by atoms with Crippen molar-refractivity contribution in [3.8, 4) is 0 Å².